The predicted molar refractivity (Wildman–Crippen MR) is 128 cm³/mol. The van der Waals surface area contributed by atoms with Gasteiger partial charge in [-0.1, -0.05) is 78.4 Å². The Bertz CT molecular complexity index is 619. The van der Waals surface area contributed by atoms with Crippen LogP contribution in [0.4, 0.5) is 0 Å². The lowest BCUT2D eigenvalue weighted by Gasteiger charge is -2.35. The number of benzene rings is 1. The fourth-order valence-electron chi connectivity index (χ4n) is 4.87. The first-order chi connectivity index (χ1) is 14.5. The average Bonchev–Trinajstić information content (AvgIpc) is 2.75. The van der Waals surface area contributed by atoms with Crippen molar-refractivity contribution >= 4 is 0 Å². The summed E-state index contributed by atoms with van der Waals surface area (Å²) in [7, 11) is 0. The third-order valence-electron chi connectivity index (χ3n) is 7.15. The van der Waals surface area contributed by atoms with Crippen LogP contribution >= 0.6 is 0 Å². The fraction of sp³-hybridized carbons (Fsp3) is 0.750. The smallest absolute Gasteiger partial charge is 0.119 e. The van der Waals surface area contributed by atoms with Gasteiger partial charge in [0.15, 0.2) is 0 Å². The van der Waals surface area contributed by atoms with Crippen LogP contribution in [0.25, 0.3) is 0 Å². The Balaban J connectivity index is 1.72. The summed E-state index contributed by atoms with van der Waals surface area (Å²) in [5.74, 6) is 3.15. The van der Waals surface area contributed by atoms with Crippen molar-refractivity contribution in [3.63, 3.8) is 0 Å². The SMILES string of the molecule is CCCCCC1(C#N)CCC(c2ccc(OCCC(C)CCCC(C)C)cc2)CC1. The van der Waals surface area contributed by atoms with E-state index in [-0.39, 0.29) is 5.41 Å². The molecule has 1 aromatic carbocycles. The van der Waals surface area contributed by atoms with Crippen molar-refractivity contribution in [1.29, 1.82) is 5.26 Å². The minimum absolute atomic E-state index is 0.0550. The molecule has 2 rings (SSSR count). The summed E-state index contributed by atoms with van der Waals surface area (Å²) in [5, 5.41) is 9.76. The molecule has 0 saturated heterocycles. The van der Waals surface area contributed by atoms with Crippen molar-refractivity contribution in [2.45, 2.75) is 111 Å². The van der Waals surface area contributed by atoms with Crippen molar-refractivity contribution in [1.82, 2.24) is 0 Å². The Morgan fingerprint density at radius 2 is 1.70 bits per heavy atom. The Kier molecular flexibility index (Phi) is 10.8. The van der Waals surface area contributed by atoms with Crippen LogP contribution in [-0.4, -0.2) is 6.61 Å². The molecule has 168 valence electrons. The lowest BCUT2D eigenvalue weighted by molar-refractivity contribution is 0.223. The Morgan fingerprint density at radius 1 is 1.00 bits per heavy atom. The van der Waals surface area contributed by atoms with Gasteiger partial charge in [0, 0.05) is 0 Å². The summed E-state index contributed by atoms with van der Waals surface area (Å²) in [6.45, 7) is 10.0. The van der Waals surface area contributed by atoms with Crippen molar-refractivity contribution < 1.29 is 4.74 Å². The molecule has 1 atom stereocenters. The van der Waals surface area contributed by atoms with Gasteiger partial charge < -0.3 is 4.74 Å². The van der Waals surface area contributed by atoms with Gasteiger partial charge in [0.25, 0.3) is 0 Å². The molecule has 1 saturated carbocycles. The molecule has 1 fully saturated rings. The zero-order chi connectivity index (χ0) is 21.8. The molecule has 0 spiro atoms. The van der Waals surface area contributed by atoms with Crippen molar-refractivity contribution in [3.8, 4) is 11.8 Å². The summed E-state index contributed by atoms with van der Waals surface area (Å²) < 4.78 is 6.01. The summed E-state index contributed by atoms with van der Waals surface area (Å²) in [4.78, 5) is 0. The molecule has 0 amide bonds. The minimum Gasteiger partial charge on any atom is -0.494 e. The number of hydrogen-bond donors (Lipinski definition) is 0. The van der Waals surface area contributed by atoms with E-state index in [0.29, 0.717) is 5.92 Å². The van der Waals surface area contributed by atoms with Gasteiger partial charge in [0.05, 0.1) is 18.1 Å². The van der Waals surface area contributed by atoms with Gasteiger partial charge in [-0.2, -0.15) is 5.26 Å². The quantitative estimate of drug-likeness (QED) is 0.304. The van der Waals surface area contributed by atoms with Crippen LogP contribution in [0.3, 0.4) is 0 Å². The lowest BCUT2D eigenvalue weighted by Crippen LogP contribution is -2.25. The summed E-state index contributed by atoms with van der Waals surface area (Å²) in [6.07, 6.45) is 14.3. The molecule has 1 unspecified atom stereocenters. The summed E-state index contributed by atoms with van der Waals surface area (Å²) in [6, 6.07) is 11.5. The molecule has 2 nitrogen and oxygen atoms in total. The van der Waals surface area contributed by atoms with E-state index in [1.807, 2.05) is 0 Å². The molecule has 0 aromatic heterocycles. The molecular weight excluding hydrogens is 366 g/mol. The molecule has 0 N–H and O–H groups in total. The number of nitriles is 1. The lowest BCUT2D eigenvalue weighted by atomic mass is 9.67. The van der Waals surface area contributed by atoms with Gasteiger partial charge in [0.2, 0.25) is 0 Å². The monoisotopic (exact) mass is 411 g/mol. The minimum atomic E-state index is -0.0550. The molecule has 1 aromatic rings. The van der Waals surface area contributed by atoms with E-state index in [1.54, 1.807) is 0 Å². The molecule has 0 bridgehead atoms. The number of hydrogen-bond acceptors (Lipinski definition) is 2. The van der Waals surface area contributed by atoms with Gasteiger partial charge >= 0.3 is 0 Å². The second-order valence-electron chi connectivity index (χ2n) is 10.3. The summed E-state index contributed by atoms with van der Waals surface area (Å²) >= 11 is 0. The number of rotatable bonds is 13. The number of unbranched alkanes of at least 4 members (excludes halogenated alkanes) is 2. The highest BCUT2D eigenvalue weighted by molar-refractivity contribution is 5.30. The zero-order valence-electron chi connectivity index (χ0n) is 20.1. The van der Waals surface area contributed by atoms with E-state index in [1.165, 1.54) is 44.1 Å². The van der Waals surface area contributed by atoms with Crippen molar-refractivity contribution in [2.75, 3.05) is 6.61 Å². The van der Waals surface area contributed by atoms with Crippen LogP contribution < -0.4 is 4.74 Å². The van der Waals surface area contributed by atoms with E-state index in [4.69, 9.17) is 4.74 Å². The average molecular weight is 412 g/mol. The van der Waals surface area contributed by atoms with E-state index >= 15 is 0 Å². The van der Waals surface area contributed by atoms with Crippen LogP contribution in [0.5, 0.6) is 5.75 Å². The van der Waals surface area contributed by atoms with Crippen molar-refractivity contribution in [3.05, 3.63) is 29.8 Å². The maximum atomic E-state index is 9.76. The highest BCUT2D eigenvalue weighted by Gasteiger charge is 2.35. The number of nitrogens with zero attached hydrogens (tertiary/aromatic N) is 1. The van der Waals surface area contributed by atoms with Crippen molar-refractivity contribution in [2.24, 2.45) is 17.3 Å². The molecule has 0 aliphatic heterocycles. The summed E-state index contributed by atoms with van der Waals surface area (Å²) in [5.41, 5.74) is 1.37. The molecular formula is C28H45NO. The maximum absolute atomic E-state index is 9.76. The largest absolute Gasteiger partial charge is 0.494 e. The maximum Gasteiger partial charge on any atom is 0.119 e. The molecule has 0 radical (unpaired) electrons. The van der Waals surface area contributed by atoms with E-state index in [2.05, 4.69) is 58.0 Å². The van der Waals surface area contributed by atoms with Gasteiger partial charge in [-0.25, -0.2) is 0 Å². The van der Waals surface area contributed by atoms with Crippen LogP contribution in [0.15, 0.2) is 24.3 Å². The van der Waals surface area contributed by atoms with E-state index < -0.39 is 0 Å². The first kappa shape index (κ1) is 24.8. The van der Waals surface area contributed by atoms with Gasteiger partial charge in [-0.15, -0.1) is 0 Å². The normalized spacial score (nSPS) is 22.6. The molecule has 0 heterocycles. The van der Waals surface area contributed by atoms with Crippen LogP contribution in [0.1, 0.15) is 116 Å². The highest BCUT2D eigenvalue weighted by Crippen LogP contribution is 2.45. The van der Waals surface area contributed by atoms with Gasteiger partial charge in [-0.05, 0) is 74.0 Å². The van der Waals surface area contributed by atoms with Crippen LogP contribution in [0.2, 0.25) is 0 Å². The first-order valence-corrected chi connectivity index (χ1v) is 12.6. The van der Waals surface area contributed by atoms with Crippen LogP contribution in [-0.2, 0) is 0 Å². The Labute approximate surface area is 186 Å². The third kappa shape index (κ3) is 8.33. The van der Waals surface area contributed by atoms with E-state index in [9.17, 15) is 5.26 Å². The van der Waals surface area contributed by atoms with Crippen LogP contribution in [0, 0.1) is 28.6 Å². The molecule has 1 aliphatic carbocycles. The topological polar surface area (TPSA) is 33.0 Å². The first-order valence-electron chi connectivity index (χ1n) is 12.6. The number of ether oxygens (including phenoxy) is 1. The molecule has 30 heavy (non-hydrogen) atoms. The Morgan fingerprint density at radius 3 is 2.30 bits per heavy atom. The van der Waals surface area contributed by atoms with E-state index in [0.717, 1.165) is 62.7 Å². The van der Waals surface area contributed by atoms with Gasteiger partial charge in [0.1, 0.15) is 5.75 Å². The highest BCUT2D eigenvalue weighted by atomic mass is 16.5. The zero-order valence-corrected chi connectivity index (χ0v) is 20.1. The second kappa shape index (κ2) is 13.0. The molecule has 2 heteroatoms. The predicted octanol–water partition coefficient (Wildman–Crippen LogP) is 8.67. The fourth-order valence-corrected chi connectivity index (χ4v) is 4.87. The Hall–Kier alpha value is -1.49. The third-order valence-corrected chi connectivity index (χ3v) is 7.15. The second-order valence-corrected chi connectivity index (χ2v) is 10.3. The molecule has 1 aliphatic rings. The van der Waals surface area contributed by atoms with Gasteiger partial charge in [-0.3, -0.25) is 0 Å². The standard InChI is InChI=1S/C28H45NO/c1-5-6-7-18-28(22-29)19-15-26(16-20-28)25-11-13-27(14-12-25)30-21-17-24(4)10-8-9-23(2)3/h11-14,23-24,26H,5-10,15-21H2,1-4H3.